The van der Waals surface area contributed by atoms with Gasteiger partial charge in [-0.05, 0) is 15.9 Å². The molecule has 0 radical (unpaired) electrons. The minimum absolute atomic E-state index is 0.366. The Balaban J connectivity index is 2.70. The summed E-state index contributed by atoms with van der Waals surface area (Å²) in [5.74, 6) is -2.87. The fraction of sp³-hybridized carbons (Fsp3) is 0.500. The molecule has 1 rings (SSSR count). The van der Waals surface area contributed by atoms with E-state index < -0.39 is 18.9 Å². The maximum absolute atomic E-state index is 12.7. The van der Waals surface area contributed by atoms with Gasteiger partial charge < -0.3 is 5.73 Å². The number of aromatic nitrogens is 2. The van der Waals surface area contributed by atoms with Crippen molar-refractivity contribution in [2.24, 2.45) is 5.73 Å². The second kappa shape index (κ2) is 3.49. The molecular weight excluding hydrogens is 232 g/mol. The fourth-order valence-corrected chi connectivity index (χ4v) is 1.08. The van der Waals surface area contributed by atoms with E-state index in [0.29, 0.717) is 10.2 Å². The van der Waals surface area contributed by atoms with Crippen molar-refractivity contribution in [1.82, 2.24) is 10.2 Å². The lowest BCUT2D eigenvalue weighted by molar-refractivity contribution is 0.0104. The molecule has 0 saturated heterocycles. The Labute approximate surface area is 76.5 Å². The van der Waals surface area contributed by atoms with E-state index in [9.17, 15) is 8.78 Å². The van der Waals surface area contributed by atoms with Crippen LogP contribution in [-0.2, 0) is 6.42 Å². The largest absolute Gasteiger partial charge is 0.325 e. The van der Waals surface area contributed by atoms with Crippen molar-refractivity contribution in [1.29, 1.82) is 0 Å². The van der Waals surface area contributed by atoms with Gasteiger partial charge in [-0.3, -0.25) is 5.10 Å². The summed E-state index contributed by atoms with van der Waals surface area (Å²) in [7, 11) is 0. The molecule has 12 heavy (non-hydrogen) atoms. The summed E-state index contributed by atoms with van der Waals surface area (Å²) in [6, 6.07) is 0. The number of aromatic amines is 1. The Bertz CT molecular complexity index is 261. The summed E-state index contributed by atoms with van der Waals surface area (Å²) in [6.07, 6.45) is 1.02. The van der Waals surface area contributed by atoms with Crippen molar-refractivity contribution in [3.05, 3.63) is 16.4 Å². The number of H-pyrrole nitrogens is 1. The van der Waals surface area contributed by atoms with E-state index in [4.69, 9.17) is 5.73 Å². The van der Waals surface area contributed by atoms with Crippen LogP contribution in [0.4, 0.5) is 8.78 Å². The highest BCUT2D eigenvalue weighted by Crippen LogP contribution is 2.22. The van der Waals surface area contributed by atoms with E-state index in [1.165, 1.54) is 6.20 Å². The molecule has 3 N–H and O–H groups in total. The monoisotopic (exact) mass is 239 g/mol. The van der Waals surface area contributed by atoms with Gasteiger partial charge in [0.1, 0.15) is 0 Å². The molecular formula is C6H8BrF2N3. The van der Waals surface area contributed by atoms with Gasteiger partial charge in [0.25, 0.3) is 5.92 Å². The average molecular weight is 240 g/mol. The molecule has 0 saturated carbocycles. The normalized spacial score (nSPS) is 12.0. The Morgan fingerprint density at radius 2 is 2.33 bits per heavy atom. The van der Waals surface area contributed by atoms with E-state index in [1.54, 1.807) is 0 Å². The van der Waals surface area contributed by atoms with Crippen LogP contribution in [0.25, 0.3) is 0 Å². The molecule has 0 amide bonds. The van der Waals surface area contributed by atoms with Crippen LogP contribution in [0.15, 0.2) is 10.7 Å². The summed E-state index contributed by atoms with van der Waals surface area (Å²) in [5.41, 5.74) is 5.24. The predicted molar refractivity (Wildman–Crippen MR) is 44.0 cm³/mol. The summed E-state index contributed by atoms with van der Waals surface area (Å²) in [6.45, 7) is -0.654. The molecule has 68 valence electrons. The van der Waals surface area contributed by atoms with Crippen LogP contribution < -0.4 is 5.73 Å². The Kier molecular flexibility index (Phi) is 2.79. The molecule has 0 unspecified atom stereocenters. The number of nitrogens with two attached hydrogens (primary N) is 1. The van der Waals surface area contributed by atoms with E-state index in [2.05, 4.69) is 26.1 Å². The molecule has 1 heterocycles. The zero-order valence-electron chi connectivity index (χ0n) is 6.15. The van der Waals surface area contributed by atoms with Gasteiger partial charge in [0.2, 0.25) is 0 Å². The second-order valence-corrected chi connectivity index (χ2v) is 3.29. The lowest BCUT2D eigenvalue weighted by Gasteiger charge is -2.11. The number of halogens is 3. The SMILES string of the molecule is NCC(F)(F)Cc1[nH]ncc1Br. The van der Waals surface area contributed by atoms with E-state index in [1.807, 2.05) is 0 Å². The lowest BCUT2D eigenvalue weighted by Crippen LogP contribution is -2.30. The molecule has 0 fully saturated rings. The molecule has 0 aliphatic carbocycles. The lowest BCUT2D eigenvalue weighted by atomic mass is 10.2. The molecule has 0 aliphatic heterocycles. The van der Waals surface area contributed by atoms with Crippen molar-refractivity contribution in [2.45, 2.75) is 12.3 Å². The number of hydrogen-bond donors (Lipinski definition) is 2. The minimum atomic E-state index is -2.87. The maximum Gasteiger partial charge on any atom is 0.265 e. The van der Waals surface area contributed by atoms with Crippen molar-refractivity contribution in [3.63, 3.8) is 0 Å². The summed E-state index contributed by atoms with van der Waals surface area (Å²) in [4.78, 5) is 0. The van der Waals surface area contributed by atoms with Crippen molar-refractivity contribution in [3.8, 4) is 0 Å². The van der Waals surface area contributed by atoms with Crippen LogP contribution in [0.1, 0.15) is 5.69 Å². The van der Waals surface area contributed by atoms with Gasteiger partial charge in [-0.2, -0.15) is 5.10 Å². The minimum Gasteiger partial charge on any atom is -0.325 e. The number of hydrogen-bond acceptors (Lipinski definition) is 2. The van der Waals surface area contributed by atoms with Gasteiger partial charge in [0.05, 0.1) is 29.3 Å². The third-order valence-corrected chi connectivity index (χ3v) is 2.08. The van der Waals surface area contributed by atoms with Crippen molar-refractivity contribution < 1.29 is 8.78 Å². The molecule has 1 aromatic rings. The van der Waals surface area contributed by atoms with Crippen molar-refractivity contribution in [2.75, 3.05) is 6.54 Å². The third kappa shape index (κ3) is 2.25. The number of rotatable bonds is 3. The Hall–Kier alpha value is -0.490. The van der Waals surface area contributed by atoms with E-state index in [-0.39, 0.29) is 0 Å². The number of alkyl halides is 2. The molecule has 0 bridgehead atoms. The fourth-order valence-electron chi connectivity index (χ4n) is 0.753. The molecule has 0 aliphatic rings. The first kappa shape index (κ1) is 9.60. The Morgan fingerprint density at radius 1 is 1.67 bits per heavy atom. The van der Waals surface area contributed by atoms with Gasteiger partial charge in [-0.15, -0.1) is 0 Å². The number of nitrogens with one attached hydrogen (secondary N) is 1. The molecule has 6 heteroatoms. The smallest absolute Gasteiger partial charge is 0.265 e. The van der Waals surface area contributed by atoms with Crippen LogP contribution >= 0.6 is 15.9 Å². The first-order valence-electron chi connectivity index (χ1n) is 3.31. The quantitative estimate of drug-likeness (QED) is 0.836. The van der Waals surface area contributed by atoms with Crippen LogP contribution in [0.3, 0.4) is 0 Å². The van der Waals surface area contributed by atoms with Crippen LogP contribution in [0, 0.1) is 0 Å². The summed E-state index contributed by atoms with van der Waals surface area (Å²) in [5, 5.41) is 6.06. The van der Waals surface area contributed by atoms with Crippen molar-refractivity contribution >= 4 is 15.9 Å². The van der Waals surface area contributed by atoms with Crippen LogP contribution in [0.5, 0.6) is 0 Å². The molecule has 3 nitrogen and oxygen atoms in total. The van der Waals surface area contributed by atoms with Gasteiger partial charge in [0.15, 0.2) is 0 Å². The molecule has 0 spiro atoms. The highest BCUT2D eigenvalue weighted by Gasteiger charge is 2.28. The van der Waals surface area contributed by atoms with E-state index >= 15 is 0 Å². The zero-order valence-corrected chi connectivity index (χ0v) is 7.74. The predicted octanol–water partition coefficient (Wildman–Crippen LogP) is 1.31. The third-order valence-electron chi connectivity index (χ3n) is 1.40. The van der Waals surface area contributed by atoms with Crippen LogP contribution in [-0.4, -0.2) is 22.7 Å². The Morgan fingerprint density at radius 3 is 2.75 bits per heavy atom. The topological polar surface area (TPSA) is 54.7 Å². The molecule has 0 aromatic carbocycles. The standard InChI is InChI=1S/C6H8BrF2N3/c7-4-2-11-12-5(4)1-6(8,9)3-10/h2H,1,3,10H2,(H,11,12). The van der Waals surface area contributed by atoms with Gasteiger partial charge in [-0.1, -0.05) is 0 Å². The zero-order chi connectivity index (χ0) is 9.19. The highest BCUT2D eigenvalue weighted by atomic mass is 79.9. The van der Waals surface area contributed by atoms with Crippen LogP contribution in [0.2, 0.25) is 0 Å². The van der Waals surface area contributed by atoms with Gasteiger partial charge in [0, 0.05) is 0 Å². The first-order valence-corrected chi connectivity index (χ1v) is 4.10. The number of nitrogens with zero attached hydrogens (tertiary/aromatic N) is 1. The van der Waals surface area contributed by atoms with Gasteiger partial charge in [-0.25, -0.2) is 8.78 Å². The first-order chi connectivity index (χ1) is 5.55. The molecule has 0 atom stereocenters. The second-order valence-electron chi connectivity index (χ2n) is 2.43. The summed E-state index contributed by atoms with van der Waals surface area (Å²) < 4.78 is 26.0. The average Bonchev–Trinajstić information content (AvgIpc) is 2.36. The summed E-state index contributed by atoms with van der Waals surface area (Å²) >= 11 is 3.08. The molecule has 1 aromatic heterocycles. The maximum atomic E-state index is 12.7. The van der Waals surface area contributed by atoms with Gasteiger partial charge >= 0.3 is 0 Å². The van der Waals surface area contributed by atoms with E-state index in [0.717, 1.165) is 0 Å². The highest BCUT2D eigenvalue weighted by molar-refractivity contribution is 9.10.